The van der Waals surface area contributed by atoms with Gasteiger partial charge < -0.3 is 5.73 Å². The largest absolute Gasteiger partial charge is 0.393 e. The number of rotatable bonds is 3. The number of nitrogens with zero attached hydrogens (tertiary/aromatic N) is 1. The third kappa shape index (κ3) is 2.69. The highest BCUT2D eigenvalue weighted by molar-refractivity contribution is 6.31. The fourth-order valence-electron chi connectivity index (χ4n) is 2.05. The first-order valence-electron chi connectivity index (χ1n) is 5.79. The van der Waals surface area contributed by atoms with Crippen molar-refractivity contribution < 1.29 is 4.92 Å². The summed E-state index contributed by atoms with van der Waals surface area (Å²) in [6, 6.07) is 12.6. The van der Waals surface area contributed by atoms with Gasteiger partial charge >= 0.3 is 0 Å². The van der Waals surface area contributed by atoms with Gasteiger partial charge in [0.1, 0.15) is 5.69 Å². The summed E-state index contributed by atoms with van der Waals surface area (Å²) in [7, 11) is 0. The summed E-state index contributed by atoms with van der Waals surface area (Å²) in [5.74, 6) is -0.0569. The fraction of sp³-hybridized carbons (Fsp3) is 0.143. The Morgan fingerprint density at radius 3 is 2.47 bits per heavy atom. The number of nitro groups is 1. The smallest absolute Gasteiger partial charge is 0.293 e. The minimum absolute atomic E-state index is 0.0569. The second-order valence-electron chi connectivity index (χ2n) is 4.32. The molecule has 0 amide bonds. The Kier molecular flexibility index (Phi) is 3.71. The Morgan fingerprint density at radius 2 is 1.89 bits per heavy atom. The summed E-state index contributed by atoms with van der Waals surface area (Å²) >= 11 is 5.94. The molecule has 0 saturated heterocycles. The highest BCUT2D eigenvalue weighted by Gasteiger charge is 2.20. The molecular weight excluding hydrogens is 264 g/mol. The van der Waals surface area contributed by atoms with Crippen molar-refractivity contribution in [3.05, 3.63) is 68.7 Å². The van der Waals surface area contributed by atoms with E-state index in [1.165, 1.54) is 6.07 Å². The number of nitrogens with two attached hydrogens (primary N) is 1. The second kappa shape index (κ2) is 5.28. The fourth-order valence-corrected chi connectivity index (χ4v) is 2.28. The van der Waals surface area contributed by atoms with Crippen molar-refractivity contribution in [2.75, 3.05) is 5.73 Å². The lowest BCUT2D eigenvalue weighted by molar-refractivity contribution is -0.383. The Labute approximate surface area is 116 Å². The van der Waals surface area contributed by atoms with E-state index >= 15 is 0 Å². The van der Waals surface area contributed by atoms with Crippen LogP contribution in [0.2, 0.25) is 5.02 Å². The van der Waals surface area contributed by atoms with Crippen molar-refractivity contribution in [3.8, 4) is 0 Å². The normalized spacial score (nSPS) is 12.1. The second-order valence-corrected chi connectivity index (χ2v) is 4.75. The maximum atomic E-state index is 11.0. The molecule has 0 aromatic heterocycles. The standard InChI is InChI=1S/C14H13ClN2O2/c1-9(10-5-3-2-4-6-10)12-7-11(15)8-13(14(12)16)17(18)19/h2-9H,16H2,1H3. The van der Waals surface area contributed by atoms with Crippen molar-refractivity contribution >= 4 is 23.0 Å². The molecule has 2 N–H and O–H groups in total. The summed E-state index contributed by atoms with van der Waals surface area (Å²) in [5.41, 5.74) is 7.62. The Hall–Kier alpha value is -2.07. The molecule has 2 rings (SSSR count). The van der Waals surface area contributed by atoms with Gasteiger partial charge in [0.2, 0.25) is 0 Å². The Balaban J connectivity index is 2.54. The van der Waals surface area contributed by atoms with Crippen molar-refractivity contribution in [1.29, 1.82) is 0 Å². The van der Waals surface area contributed by atoms with E-state index in [0.717, 1.165) is 5.56 Å². The molecule has 2 aromatic rings. The maximum Gasteiger partial charge on any atom is 0.293 e. The van der Waals surface area contributed by atoms with Crippen molar-refractivity contribution in [2.24, 2.45) is 0 Å². The summed E-state index contributed by atoms with van der Waals surface area (Å²) in [6.07, 6.45) is 0. The predicted octanol–water partition coefficient (Wildman–Crippen LogP) is 3.98. The van der Waals surface area contributed by atoms with E-state index in [0.29, 0.717) is 10.6 Å². The van der Waals surface area contributed by atoms with Gasteiger partial charge in [0.25, 0.3) is 5.69 Å². The lowest BCUT2D eigenvalue weighted by Gasteiger charge is -2.15. The molecule has 0 aliphatic rings. The van der Waals surface area contributed by atoms with Gasteiger partial charge in [-0.2, -0.15) is 0 Å². The van der Waals surface area contributed by atoms with Crippen LogP contribution in [0.1, 0.15) is 24.0 Å². The zero-order valence-electron chi connectivity index (χ0n) is 10.3. The number of anilines is 1. The van der Waals surface area contributed by atoms with Crippen LogP contribution in [-0.2, 0) is 0 Å². The number of nitrogen functional groups attached to an aromatic ring is 1. The van der Waals surface area contributed by atoms with Gasteiger partial charge in [-0.25, -0.2) is 0 Å². The minimum Gasteiger partial charge on any atom is -0.393 e. The number of hydrogen-bond acceptors (Lipinski definition) is 3. The molecule has 0 aliphatic carbocycles. The highest BCUT2D eigenvalue weighted by Crippen LogP contribution is 2.36. The molecule has 2 aromatic carbocycles. The zero-order valence-corrected chi connectivity index (χ0v) is 11.1. The number of hydrogen-bond donors (Lipinski definition) is 1. The van der Waals surface area contributed by atoms with Crippen LogP contribution in [0, 0.1) is 10.1 Å². The Bertz CT molecular complexity index is 614. The van der Waals surface area contributed by atoms with Crippen LogP contribution in [0.25, 0.3) is 0 Å². The predicted molar refractivity (Wildman–Crippen MR) is 76.5 cm³/mol. The third-order valence-electron chi connectivity index (χ3n) is 3.12. The molecule has 19 heavy (non-hydrogen) atoms. The maximum absolute atomic E-state index is 11.0. The van der Waals surface area contributed by atoms with Gasteiger partial charge in [-0.05, 0) is 17.2 Å². The van der Waals surface area contributed by atoms with E-state index in [4.69, 9.17) is 17.3 Å². The molecule has 5 heteroatoms. The third-order valence-corrected chi connectivity index (χ3v) is 3.34. The van der Waals surface area contributed by atoms with Crippen LogP contribution in [-0.4, -0.2) is 4.92 Å². The zero-order chi connectivity index (χ0) is 14.0. The summed E-state index contributed by atoms with van der Waals surface area (Å²) in [4.78, 5) is 10.4. The molecule has 1 atom stereocenters. The lowest BCUT2D eigenvalue weighted by Crippen LogP contribution is -2.04. The lowest BCUT2D eigenvalue weighted by atomic mass is 9.91. The van der Waals surface area contributed by atoms with Crippen LogP contribution < -0.4 is 5.73 Å². The average Bonchev–Trinajstić information content (AvgIpc) is 2.41. The first kappa shape index (κ1) is 13.4. The van der Waals surface area contributed by atoms with Crippen molar-refractivity contribution in [3.63, 3.8) is 0 Å². The molecule has 0 fully saturated rings. The first-order valence-corrected chi connectivity index (χ1v) is 6.16. The molecular formula is C14H13ClN2O2. The van der Waals surface area contributed by atoms with Crippen LogP contribution in [0.4, 0.5) is 11.4 Å². The molecule has 0 aliphatic heterocycles. The van der Waals surface area contributed by atoms with Gasteiger partial charge in [-0.1, -0.05) is 48.9 Å². The average molecular weight is 277 g/mol. The van der Waals surface area contributed by atoms with Crippen LogP contribution in [0.5, 0.6) is 0 Å². The van der Waals surface area contributed by atoms with Crippen LogP contribution in [0.3, 0.4) is 0 Å². The quantitative estimate of drug-likeness (QED) is 0.524. The SMILES string of the molecule is CC(c1ccccc1)c1cc(Cl)cc([N+](=O)[O-])c1N. The molecule has 98 valence electrons. The number of halogens is 1. The number of nitro benzene ring substituents is 1. The van der Waals surface area contributed by atoms with Gasteiger partial charge in [0.15, 0.2) is 0 Å². The van der Waals surface area contributed by atoms with E-state index < -0.39 is 4.92 Å². The molecule has 4 nitrogen and oxygen atoms in total. The van der Waals surface area contributed by atoms with E-state index in [9.17, 15) is 10.1 Å². The monoisotopic (exact) mass is 276 g/mol. The Morgan fingerprint density at radius 1 is 1.26 bits per heavy atom. The van der Waals surface area contributed by atoms with E-state index in [1.807, 2.05) is 37.3 Å². The summed E-state index contributed by atoms with van der Waals surface area (Å²) < 4.78 is 0. The van der Waals surface area contributed by atoms with Crippen LogP contribution in [0.15, 0.2) is 42.5 Å². The van der Waals surface area contributed by atoms with Gasteiger partial charge in [-0.3, -0.25) is 10.1 Å². The minimum atomic E-state index is -0.511. The first-order chi connectivity index (χ1) is 9.00. The summed E-state index contributed by atoms with van der Waals surface area (Å²) in [5, 5.41) is 11.3. The topological polar surface area (TPSA) is 69.2 Å². The van der Waals surface area contributed by atoms with E-state index in [2.05, 4.69) is 0 Å². The summed E-state index contributed by atoms with van der Waals surface area (Å²) in [6.45, 7) is 1.95. The van der Waals surface area contributed by atoms with Gasteiger partial charge in [0, 0.05) is 17.0 Å². The molecule has 0 heterocycles. The van der Waals surface area contributed by atoms with Gasteiger partial charge in [0.05, 0.1) is 4.92 Å². The van der Waals surface area contributed by atoms with E-state index in [-0.39, 0.29) is 17.3 Å². The molecule has 0 spiro atoms. The number of benzene rings is 2. The molecule has 0 radical (unpaired) electrons. The molecule has 0 saturated carbocycles. The molecule has 1 unspecified atom stereocenters. The molecule has 0 bridgehead atoms. The van der Waals surface area contributed by atoms with Gasteiger partial charge in [-0.15, -0.1) is 0 Å². The van der Waals surface area contributed by atoms with Crippen LogP contribution >= 0.6 is 11.6 Å². The van der Waals surface area contributed by atoms with Crippen molar-refractivity contribution in [1.82, 2.24) is 0 Å². The van der Waals surface area contributed by atoms with Crippen molar-refractivity contribution in [2.45, 2.75) is 12.8 Å². The highest BCUT2D eigenvalue weighted by atomic mass is 35.5. The van der Waals surface area contributed by atoms with E-state index in [1.54, 1.807) is 6.07 Å².